The van der Waals surface area contributed by atoms with Crippen LogP contribution in [0.15, 0.2) is 23.4 Å². The second-order valence-corrected chi connectivity index (χ2v) is 4.12. The lowest BCUT2D eigenvalue weighted by molar-refractivity contribution is -0.217. The van der Waals surface area contributed by atoms with Crippen LogP contribution in [-0.4, -0.2) is 23.3 Å². The number of aryl methyl sites for hydroxylation is 1. The summed E-state index contributed by atoms with van der Waals surface area (Å²) in [5.41, 5.74) is 7.23. The summed E-state index contributed by atoms with van der Waals surface area (Å²) in [7, 11) is 0. The van der Waals surface area contributed by atoms with Crippen molar-refractivity contribution in [1.29, 1.82) is 0 Å². The van der Waals surface area contributed by atoms with Crippen LogP contribution in [0.5, 0.6) is 0 Å². The molecule has 0 fully saturated rings. The van der Waals surface area contributed by atoms with E-state index in [1.54, 1.807) is 25.1 Å². The Kier molecular flexibility index (Phi) is 4.77. The molecule has 19 heavy (non-hydrogen) atoms. The lowest BCUT2D eigenvalue weighted by atomic mass is 10.1. The van der Waals surface area contributed by atoms with Crippen LogP contribution in [0.2, 0.25) is 0 Å². The van der Waals surface area contributed by atoms with Crippen molar-refractivity contribution in [3.63, 3.8) is 0 Å². The third-order valence-corrected chi connectivity index (χ3v) is 2.70. The monoisotopic (exact) mass is 276 g/mol. The van der Waals surface area contributed by atoms with Gasteiger partial charge in [-0.15, -0.1) is 0 Å². The number of alkyl halides is 3. The van der Waals surface area contributed by atoms with Gasteiger partial charge in [-0.2, -0.15) is 13.2 Å². The summed E-state index contributed by atoms with van der Waals surface area (Å²) in [5.74, 6) is -0.0563. The summed E-state index contributed by atoms with van der Waals surface area (Å²) in [5, 5.41) is 11.4. The van der Waals surface area contributed by atoms with Gasteiger partial charge in [0, 0.05) is 5.56 Å². The Hall–Kier alpha value is -1.76. The van der Waals surface area contributed by atoms with E-state index in [4.69, 9.17) is 15.7 Å². The molecule has 3 N–H and O–H groups in total. The van der Waals surface area contributed by atoms with Crippen LogP contribution in [0.3, 0.4) is 0 Å². The molecular weight excluding hydrogens is 261 g/mol. The third-order valence-electron chi connectivity index (χ3n) is 2.70. The topological polar surface area (TPSA) is 67.8 Å². The highest BCUT2D eigenvalue weighted by Crippen LogP contribution is 2.24. The second-order valence-electron chi connectivity index (χ2n) is 4.12. The number of oxime groups is 1. The molecule has 0 heterocycles. The first-order chi connectivity index (χ1) is 8.75. The number of hydrogen-bond acceptors (Lipinski definition) is 3. The molecule has 4 nitrogen and oxygen atoms in total. The van der Waals surface area contributed by atoms with Gasteiger partial charge in [-0.25, -0.2) is 0 Å². The van der Waals surface area contributed by atoms with E-state index in [0.29, 0.717) is 16.7 Å². The number of benzene rings is 1. The summed E-state index contributed by atoms with van der Waals surface area (Å²) in [6.45, 7) is 2.52. The van der Waals surface area contributed by atoms with Crippen molar-refractivity contribution in [2.45, 2.75) is 32.7 Å². The summed E-state index contributed by atoms with van der Waals surface area (Å²) in [4.78, 5) is 0. The SMILES string of the molecule is Cc1cc(/C(N)=N/O)ccc1COC(C)C(F)(F)F. The lowest BCUT2D eigenvalue weighted by Crippen LogP contribution is -2.28. The average molecular weight is 276 g/mol. The first-order valence-electron chi connectivity index (χ1n) is 5.51. The quantitative estimate of drug-likeness (QED) is 0.384. The fourth-order valence-electron chi connectivity index (χ4n) is 1.38. The molecule has 1 aromatic carbocycles. The Bertz CT molecular complexity index is 473. The van der Waals surface area contributed by atoms with Crippen molar-refractivity contribution in [2.75, 3.05) is 0 Å². The zero-order valence-electron chi connectivity index (χ0n) is 10.5. The summed E-state index contributed by atoms with van der Waals surface area (Å²) >= 11 is 0. The molecule has 0 bridgehead atoms. The molecule has 0 radical (unpaired) electrons. The highest BCUT2D eigenvalue weighted by atomic mass is 19.4. The van der Waals surface area contributed by atoms with Gasteiger partial charge in [-0.1, -0.05) is 17.3 Å². The fraction of sp³-hybridized carbons (Fsp3) is 0.417. The minimum atomic E-state index is -4.37. The summed E-state index contributed by atoms with van der Waals surface area (Å²) < 4.78 is 41.6. The Balaban J connectivity index is 2.76. The van der Waals surface area contributed by atoms with E-state index in [-0.39, 0.29) is 12.4 Å². The van der Waals surface area contributed by atoms with Crippen LogP contribution in [0.25, 0.3) is 0 Å². The predicted molar refractivity (Wildman–Crippen MR) is 64.0 cm³/mol. The van der Waals surface area contributed by atoms with Gasteiger partial charge in [-0.05, 0) is 31.0 Å². The minimum absolute atomic E-state index is 0.0563. The van der Waals surface area contributed by atoms with Crippen molar-refractivity contribution in [3.8, 4) is 0 Å². The van der Waals surface area contributed by atoms with E-state index in [2.05, 4.69) is 5.16 Å². The molecule has 7 heteroatoms. The van der Waals surface area contributed by atoms with Crippen LogP contribution in [0.1, 0.15) is 23.6 Å². The summed E-state index contributed by atoms with van der Waals surface area (Å²) in [6, 6.07) is 4.76. The molecule has 0 aromatic heterocycles. The molecule has 106 valence electrons. The van der Waals surface area contributed by atoms with Gasteiger partial charge in [0.1, 0.15) is 0 Å². The Morgan fingerprint density at radius 3 is 2.58 bits per heavy atom. The normalized spacial score (nSPS) is 14.5. The molecule has 1 atom stereocenters. The number of nitrogens with zero attached hydrogens (tertiary/aromatic N) is 1. The standard InChI is InChI=1S/C12H15F3N2O2/c1-7-5-9(11(16)17-18)3-4-10(7)6-19-8(2)12(13,14)15/h3-5,8,18H,6H2,1-2H3,(H2,16,17). The van der Waals surface area contributed by atoms with Crippen molar-refractivity contribution in [3.05, 3.63) is 34.9 Å². The number of amidine groups is 1. The highest BCUT2D eigenvalue weighted by Gasteiger charge is 2.36. The maximum atomic E-state index is 12.3. The first kappa shape index (κ1) is 15.3. The van der Waals surface area contributed by atoms with Gasteiger partial charge in [0.15, 0.2) is 11.9 Å². The van der Waals surface area contributed by atoms with Gasteiger partial charge < -0.3 is 15.7 Å². The highest BCUT2D eigenvalue weighted by molar-refractivity contribution is 5.97. The molecule has 0 aliphatic heterocycles. The smallest absolute Gasteiger partial charge is 0.409 e. The van der Waals surface area contributed by atoms with Crippen molar-refractivity contribution >= 4 is 5.84 Å². The molecule has 1 aromatic rings. The molecular formula is C12H15F3N2O2. The zero-order chi connectivity index (χ0) is 14.6. The average Bonchev–Trinajstić information content (AvgIpc) is 2.34. The fourth-order valence-corrected chi connectivity index (χ4v) is 1.38. The van der Waals surface area contributed by atoms with Gasteiger partial charge >= 0.3 is 6.18 Å². The van der Waals surface area contributed by atoms with Crippen LogP contribution in [0.4, 0.5) is 13.2 Å². The van der Waals surface area contributed by atoms with Crippen molar-refractivity contribution in [1.82, 2.24) is 0 Å². The number of nitrogens with two attached hydrogens (primary N) is 1. The first-order valence-corrected chi connectivity index (χ1v) is 5.51. The summed E-state index contributed by atoms with van der Waals surface area (Å²) in [6.07, 6.45) is -6.20. The number of hydrogen-bond donors (Lipinski definition) is 2. The van der Waals surface area contributed by atoms with E-state index in [9.17, 15) is 13.2 Å². The van der Waals surface area contributed by atoms with E-state index < -0.39 is 12.3 Å². The predicted octanol–water partition coefficient (Wildman–Crippen LogP) is 2.56. The maximum absolute atomic E-state index is 12.3. The Labute approximate surface area is 108 Å². The molecule has 0 spiro atoms. The van der Waals surface area contributed by atoms with Crippen molar-refractivity contribution in [2.24, 2.45) is 10.9 Å². The molecule has 1 unspecified atom stereocenters. The van der Waals surface area contributed by atoms with Crippen LogP contribution in [-0.2, 0) is 11.3 Å². The number of ether oxygens (including phenoxy) is 1. The van der Waals surface area contributed by atoms with Gasteiger partial charge in [0.25, 0.3) is 0 Å². The third kappa shape index (κ3) is 4.13. The second kappa shape index (κ2) is 5.92. The number of rotatable bonds is 4. The molecule has 0 amide bonds. The largest absolute Gasteiger partial charge is 0.414 e. The molecule has 1 rings (SSSR count). The molecule has 0 aliphatic carbocycles. The number of halogens is 3. The van der Waals surface area contributed by atoms with Gasteiger partial charge in [0.2, 0.25) is 0 Å². The van der Waals surface area contributed by atoms with Crippen LogP contribution in [0, 0.1) is 6.92 Å². The lowest BCUT2D eigenvalue weighted by Gasteiger charge is -2.17. The Morgan fingerprint density at radius 1 is 1.47 bits per heavy atom. The van der Waals surface area contributed by atoms with E-state index in [1.807, 2.05) is 0 Å². The van der Waals surface area contributed by atoms with E-state index in [1.165, 1.54) is 0 Å². The van der Waals surface area contributed by atoms with Gasteiger partial charge in [-0.3, -0.25) is 0 Å². The van der Waals surface area contributed by atoms with E-state index in [0.717, 1.165) is 6.92 Å². The van der Waals surface area contributed by atoms with Crippen LogP contribution < -0.4 is 5.73 Å². The maximum Gasteiger partial charge on any atom is 0.414 e. The molecule has 0 aliphatic rings. The van der Waals surface area contributed by atoms with Crippen molar-refractivity contribution < 1.29 is 23.1 Å². The van der Waals surface area contributed by atoms with Gasteiger partial charge in [0.05, 0.1) is 6.61 Å². The van der Waals surface area contributed by atoms with E-state index >= 15 is 0 Å². The zero-order valence-corrected chi connectivity index (χ0v) is 10.5. The molecule has 0 saturated heterocycles. The molecule has 0 saturated carbocycles. The van der Waals surface area contributed by atoms with Crippen LogP contribution >= 0.6 is 0 Å². The Morgan fingerprint density at radius 2 is 2.11 bits per heavy atom. The minimum Gasteiger partial charge on any atom is -0.409 e.